The number of hydrogen-bond donors (Lipinski definition) is 0. The third-order valence-corrected chi connectivity index (χ3v) is 8.93. The fraction of sp³-hybridized carbons (Fsp3) is 0.0645. The van der Waals surface area contributed by atoms with Crippen LogP contribution in [0.2, 0.25) is 0 Å². The van der Waals surface area contributed by atoms with E-state index in [1.807, 2.05) is 0 Å². The van der Waals surface area contributed by atoms with Gasteiger partial charge in [-0.15, -0.1) is 0 Å². The van der Waals surface area contributed by atoms with E-state index in [2.05, 4.69) is 4.98 Å². The number of carbonyl (C=O) groups is 3. The average Bonchev–Trinajstić information content (AvgIpc) is 3.23. The number of anilines is 1. The summed E-state index contributed by atoms with van der Waals surface area (Å²) in [7, 11) is -3.24. The molecule has 0 saturated heterocycles. The minimum Gasteiger partial charge on any atom is -0.289 e. The zero-order valence-corrected chi connectivity index (χ0v) is 23.2. The van der Waals surface area contributed by atoms with Crippen LogP contribution in [0.5, 0.6) is 0 Å². The molecule has 0 bridgehead atoms. The highest BCUT2D eigenvalue weighted by atomic mass is 32.2. The smallest absolute Gasteiger partial charge is 0.289 e. The molecule has 0 N–H and O–H groups in total. The molecule has 11 heteroatoms. The Morgan fingerprint density at radius 2 is 1.40 bits per heavy atom. The second kappa shape index (κ2) is 9.89. The highest BCUT2D eigenvalue weighted by Crippen LogP contribution is 2.32. The van der Waals surface area contributed by atoms with Crippen molar-refractivity contribution in [3.8, 4) is 5.69 Å². The molecule has 0 fully saturated rings. The Morgan fingerprint density at radius 3 is 2.05 bits per heavy atom. The second-order valence-electron chi connectivity index (χ2n) is 9.64. The SMILES string of the molecule is Cc1c(N(C(=O)c2cccnc2)S(=O)(=O)c2ccc3c(c2)C(=O)c2ccccc2C3=O)c(=O)n(-c2ccccc2)n1C. The van der Waals surface area contributed by atoms with E-state index < -0.39 is 38.0 Å². The fourth-order valence-corrected chi connectivity index (χ4v) is 6.56. The van der Waals surface area contributed by atoms with E-state index in [0.29, 0.717) is 9.99 Å². The van der Waals surface area contributed by atoms with Crippen LogP contribution in [0.1, 0.15) is 47.9 Å². The van der Waals surface area contributed by atoms with E-state index in [9.17, 15) is 27.6 Å². The second-order valence-corrected chi connectivity index (χ2v) is 11.4. The Balaban J connectivity index is 1.57. The van der Waals surface area contributed by atoms with Gasteiger partial charge in [0.1, 0.15) is 5.69 Å². The quantitative estimate of drug-likeness (QED) is 0.305. The summed E-state index contributed by atoms with van der Waals surface area (Å²) in [4.78, 5) is 57.8. The van der Waals surface area contributed by atoms with Crippen LogP contribution in [0.25, 0.3) is 5.69 Å². The molecule has 3 aromatic carbocycles. The van der Waals surface area contributed by atoms with Crippen molar-refractivity contribution in [3.05, 3.63) is 141 Å². The number of rotatable bonds is 5. The highest BCUT2D eigenvalue weighted by molar-refractivity contribution is 7.93. The number of ketones is 2. The number of amides is 1. The number of benzene rings is 3. The molecule has 0 atom stereocenters. The maximum absolute atomic E-state index is 14.4. The fourth-order valence-electron chi connectivity index (χ4n) is 5.07. The lowest BCUT2D eigenvalue weighted by atomic mass is 9.84. The summed E-state index contributed by atoms with van der Waals surface area (Å²) >= 11 is 0. The molecule has 0 saturated carbocycles. The Morgan fingerprint density at radius 1 is 0.786 bits per heavy atom. The molecule has 5 aromatic rings. The predicted molar refractivity (Wildman–Crippen MR) is 154 cm³/mol. The maximum Gasteiger partial charge on any atom is 0.296 e. The van der Waals surface area contributed by atoms with Gasteiger partial charge >= 0.3 is 0 Å². The van der Waals surface area contributed by atoms with Gasteiger partial charge in [0, 0.05) is 41.7 Å². The number of carbonyl (C=O) groups excluding carboxylic acids is 3. The molecule has 1 aliphatic carbocycles. The summed E-state index contributed by atoms with van der Waals surface area (Å²) in [6.07, 6.45) is 2.63. The van der Waals surface area contributed by atoms with Gasteiger partial charge in [-0.2, -0.15) is 4.31 Å². The zero-order valence-electron chi connectivity index (χ0n) is 22.4. The van der Waals surface area contributed by atoms with Gasteiger partial charge in [-0.3, -0.25) is 28.8 Å². The lowest BCUT2D eigenvalue weighted by molar-refractivity contribution is 0.0979. The molecule has 0 aliphatic heterocycles. The number of para-hydroxylation sites is 1. The highest BCUT2D eigenvalue weighted by Gasteiger charge is 2.39. The number of aromatic nitrogens is 3. The largest absolute Gasteiger partial charge is 0.296 e. The van der Waals surface area contributed by atoms with Crippen molar-refractivity contribution in [1.29, 1.82) is 0 Å². The molecule has 1 aliphatic rings. The summed E-state index contributed by atoms with van der Waals surface area (Å²) in [5, 5.41) is 0. The first-order chi connectivity index (χ1) is 20.1. The minimum atomic E-state index is -4.82. The van der Waals surface area contributed by atoms with Crippen LogP contribution in [-0.4, -0.2) is 40.2 Å². The minimum absolute atomic E-state index is 0.0464. The summed E-state index contributed by atoms with van der Waals surface area (Å²) < 4.78 is 31.9. The molecule has 42 heavy (non-hydrogen) atoms. The lowest BCUT2D eigenvalue weighted by Gasteiger charge is -2.23. The van der Waals surface area contributed by atoms with E-state index in [1.54, 1.807) is 49.5 Å². The summed E-state index contributed by atoms with van der Waals surface area (Å²) in [6, 6.07) is 21.2. The molecule has 1 amide bonds. The van der Waals surface area contributed by atoms with Crippen molar-refractivity contribution in [1.82, 2.24) is 14.3 Å². The van der Waals surface area contributed by atoms with Crippen LogP contribution in [0.4, 0.5) is 5.69 Å². The van der Waals surface area contributed by atoms with E-state index in [0.717, 1.165) is 12.1 Å². The molecule has 10 nitrogen and oxygen atoms in total. The van der Waals surface area contributed by atoms with E-state index >= 15 is 0 Å². The zero-order chi connectivity index (χ0) is 29.8. The van der Waals surface area contributed by atoms with Crippen molar-refractivity contribution in [2.24, 2.45) is 7.05 Å². The van der Waals surface area contributed by atoms with Gasteiger partial charge in [0.15, 0.2) is 11.6 Å². The van der Waals surface area contributed by atoms with Crippen molar-refractivity contribution in [3.63, 3.8) is 0 Å². The van der Waals surface area contributed by atoms with Gasteiger partial charge in [-0.05, 0) is 49.4 Å². The third kappa shape index (κ3) is 4.01. The molecule has 2 heterocycles. The summed E-state index contributed by atoms with van der Waals surface area (Å²) in [5.41, 5.74) is -0.248. The molecule has 208 valence electrons. The number of fused-ring (bicyclic) bond motifs is 2. The lowest BCUT2D eigenvalue weighted by Crippen LogP contribution is -2.40. The topological polar surface area (TPSA) is 128 Å². The molecule has 2 aromatic heterocycles. The first-order valence-electron chi connectivity index (χ1n) is 12.8. The number of sulfonamides is 1. The van der Waals surface area contributed by atoms with Crippen LogP contribution in [0, 0.1) is 6.92 Å². The first-order valence-corrected chi connectivity index (χ1v) is 14.2. The standard InChI is InChI=1S/C31H22N4O6S/c1-19-27(31(39)34(33(19)2)21-10-4-3-5-11-21)35(30(38)20-9-8-16-32-18-20)42(40,41)22-14-15-25-26(17-22)29(37)24-13-7-6-12-23(24)28(25)36/h3-18H,1-2H3. The van der Waals surface area contributed by atoms with Gasteiger partial charge < -0.3 is 0 Å². The Kier molecular flexibility index (Phi) is 6.31. The molecule has 0 unspecified atom stereocenters. The van der Waals surface area contributed by atoms with Gasteiger partial charge in [0.05, 0.1) is 21.8 Å². The number of nitrogens with zero attached hydrogens (tertiary/aromatic N) is 4. The monoisotopic (exact) mass is 578 g/mol. The average molecular weight is 579 g/mol. The van der Waals surface area contributed by atoms with Gasteiger partial charge in [-0.1, -0.05) is 42.5 Å². The third-order valence-electron chi connectivity index (χ3n) is 7.25. The van der Waals surface area contributed by atoms with Gasteiger partial charge in [0.25, 0.3) is 21.5 Å². The van der Waals surface area contributed by atoms with Gasteiger partial charge in [0.2, 0.25) is 0 Å². The maximum atomic E-state index is 14.4. The van der Waals surface area contributed by atoms with E-state index in [1.165, 1.54) is 59.0 Å². The molecule has 0 radical (unpaired) electrons. The summed E-state index contributed by atoms with van der Waals surface area (Å²) in [5.74, 6) is -1.96. The van der Waals surface area contributed by atoms with E-state index in [4.69, 9.17) is 0 Å². The van der Waals surface area contributed by atoms with Crippen LogP contribution in [0.15, 0.2) is 107 Å². The van der Waals surface area contributed by atoms with E-state index in [-0.39, 0.29) is 39.2 Å². The van der Waals surface area contributed by atoms with Crippen LogP contribution in [-0.2, 0) is 17.1 Å². The normalized spacial score (nSPS) is 12.5. The van der Waals surface area contributed by atoms with Crippen molar-refractivity contribution < 1.29 is 22.8 Å². The number of pyridine rings is 1. The number of hydrogen-bond acceptors (Lipinski definition) is 7. The first kappa shape index (κ1) is 26.8. The van der Waals surface area contributed by atoms with Crippen molar-refractivity contribution in [2.45, 2.75) is 11.8 Å². The van der Waals surface area contributed by atoms with Crippen LogP contribution < -0.4 is 9.86 Å². The molecule has 6 rings (SSSR count). The van der Waals surface area contributed by atoms with Crippen LogP contribution >= 0.6 is 0 Å². The van der Waals surface area contributed by atoms with Crippen molar-refractivity contribution in [2.75, 3.05) is 4.31 Å². The molecule has 0 spiro atoms. The van der Waals surface area contributed by atoms with Crippen molar-refractivity contribution >= 4 is 33.2 Å². The summed E-state index contributed by atoms with van der Waals surface area (Å²) in [6.45, 7) is 1.53. The predicted octanol–water partition coefficient (Wildman–Crippen LogP) is 3.69. The molecular formula is C31H22N4O6S. The van der Waals surface area contributed by atoms with Crippen LogP contribution in [0.3, 0.4) is 0 Å². The Hall–Kier alpha value is -5.42. The van der Waals surface area contributed by atoms with Gasteiger partial charge in [-0.25, -0.2) is 13.1 Å². The Bertz CT molecular complexity index is 2100. The molecular weight excluding hydrogens is 556 g/mol. The Labute approximate surface area is 240 Å².